The minimum absolute atomic E-state index is 0.0950. The molecule has 1 heterocycles. The van der Waals surface area contributed by atoms with Crippen LogP contribution in [0.25, 0.3) is 0 Å². The van der Waals surface area contributed by atoms with E-state index in [1.807, 2.05) is 14.0 Å². The summed E-state index contributed by atoms with van der Waals surface area (Å²) in [5.41, 5.74) is 0.877. The van der Waals surface area contributed by atoms with E-state index in [0.717, 1.165) is 29.8 Å². The molecule has 5 nitrogen and oxygen atoms in total. The Morgan fingerprint density at radius 3 is 2.48 bits per heavy atom. The van der Waals surface area contributed by atoms with E-state index in [1.165, 1.54) is 12.8 Å². The van der Waals surface area contributed by atoms with Crippen molar-refractivity contribution in [3.8, 4) is 5.88 Å². The zero-order valence-corrected chi connectivity index (χ0v) is 14.2. The quantitative estimate of drug-likeness (QED) is 0.873. The Hall–Kier alpha value is -1.36. The fraction of sp³-hybridized carbons (Fsp3) is 0.750. The van der Waals surface area contributed by atoms with Crippen LogP contribution in [0.4, 0.5) is 5.82 Å². The molecular formula is C16H28N4O. The molecule has 0 amide bonds. The van der Waals surface area contributed by atoms with Crippen molar-refractivity contribution in [1.82, 2.24) is 14.9 Å². The van der Waals surface area contributed by atoms with Gasteiger partial charge in [-0.1, -0.05) is 20.8 Å². The second kappa shape index (κ2) is 6.18. The third kappa shape index (κ3) is 4.06. The predicted molar refractivity (Wildman–Crippen MR) is 86.2 cm³/mol. The van der Waals surface area contributed by atoms with Crippen LogP contribution in [-0.4, -0.2) is 48.2 Å². The van der Waals surface area contributed by atoms with Gasteiger partial charge in [0.2, 0.25) is 5.88 Å². The molecule has 1 aliphatic carbocycles. The molecule has 1 saturated carbocycles. The molecule has 0 radical (unpaired) electrons. The number of ether oxygens (including phenoxy) is 1. The number of rotatable bonds is 6. The van der Waals surface area contributed by atoms with Gasteiger partial charge in [0.1, 0.15) is 18.2 Å². The number of hydrogen-bond donors (Lipinski definition) is 1. The van der Waals surface area contributed by atoms with Crippen molar-refractivity contribution < 1.29 is 4.74 Å². The van der Waals surface area contributed by atoms with Gasteiger partial charge in [0.05, 0.1) is 5.56 Å². The molecule has 1 fully saturated rings. The van der Waals surface area contributed by atoms with E-state index in [2.05, 4.69) is 48.0 Å². The molecular weight excluding hydrogens is 264 g/mol. The number of hydrogen-bond acceptors (Lipinski definition) is 5. The van der Waals surface area contributed by atoms with Gasteiger partial charge < -0.3 is 15.0 Å². The minimum atomic E-state index is -0.0950. The summed E-state index contributed by atoms with van der Waals surface area (Å²) in [6.07, 6.45) is 2.64. The van der Waals surface area contributed by atoms with Crippen LogP contribution in [0.3, 0.4) is 0 Å². The molecule has 0 saturated heterocycles. The molecule has 1 aromatic heterocycles. The van der Waals surface area contributed by atoms with Gasteiger partial charge in [0.25, 0.3) is 0 Å². The van der Waals surface area contributed by atoms with Crippen molar-refractivity contribution in [2.24, 2.45) is 0 Å². The van der Waals surface area contributed by atoms with E-state index in [0.29, 0.717) is 12.5 Å². The molecule has 1 N–H and O–H groups in total. The van der Waals surface area contributed by atoms with E-state index in [-0.39, 0.29) is 5.41 Å². The smallest absolute Gasteiger partial charge is 0.221 e. The largest absolute Gasteiger partial charge is 0.476 e. The predicted octanol–water partition coefficient (Wildman–Crippen LogP) is 2.60. The van der Waals surface area contributed by atoms with Crippen LogP contribution in [-0.2, 0) is 5.41 Å². The van der Waals surface area contributed by atoms with Gasteiger partial charge in [-0.2, -0.15) is 4.98 Å². The van der Waals surface area contributed by atoms with Gasteiger partial charge >= 0.3 is 0 Å². The second-order valence-electron chi connectivity index (χ2n) is 6.89. The average molecular weight is 292 g/mol. The Bertz CT molecular complexity index is 492. The fourth-order valence-corrected chi connectivity index (χ4v) is 2.20. The molecule has 0 atom stereocenters. The molecule has 0 aromatic carbocycles. The van der Waals surface area contributed by atoms with Crippen LogP contribution < -0.4 is 10.1 Å². The van der Waals surface area contributed by atoms with Gasteiger partial charge in [-0.15, -0.1) is 0 Å². The summed E-state index contributed by atoms with van der Waals surface area (Å²) >= 11 is 0. The average Bonchev–Trinajstić information content (AvgIpc) is 3.23. The van der Waals surface area contributed by atoms with E-state index in [4.69, 9.17) is 4.74 Å². The standard InChI is InChI=1S/C16H28N4O/c1-11-13(17-5)18-15(16(2,3)4)19-14(11)21-10-9-20(6)12-7-8-12/h12H,7-10H2,1-6H3,(H,17,18,19). The number of nitrogens with zero attached hydrogens (tertiary/aromatic N) is 3. The molecule has 0 bridgehead atoms. The zero-order valence-electron chi connectivity index (χ0n) is 14.2. The lowest BCUT2D eigenvalue weighted by molar-refractivity contribution is 0.224. The van der Waals surface area contributed by atoms with Crippen LogP contribution in [0, 0.1) is 6.92 Å². The van der Waals surface area contributed by atoms with E-state index in [9.17, 15) is 0 Å². The maximum atomic E-state index is 5.93. The summed E-state index contributed by atoms with van der Waals surface area (Å²) in [5.74, 6) is 2.35. The summed E-state index contributed by atoms with van der Waals surface area (Å²) in [6, 6.07) is 0.762. The monoisotopic (exact) mass is 292 g/mol. The Kier molecular flexibility index (Phi) is 4.71. The molecule has 0 unspecified atom stereocenters. The third-order valence-electron chi connectivity index (χ3n) is 3.86. The van der Waals surface area contributed by atoms with E-state index >= 15 is 0 Å². The highest BCUT2D eigenvalue weighted by molar-refractivity contribution is 5.48. The normalized spacial score (nSPS) is 15.4. The first-order chi connectivity index (χ1) is 9.82. The molecule has 2 rings (SSSR count). The maximum absolute atomic E-state index is 5.93. The fourth-order valence-electron chi connectivity index (χ4n) is 2.20. The topological polar surface area (TPSA) is 50.3 Å². The Labute approximate surface area is 128 Å². The lowest BCUT2D eigenvalue weighted by Crippen LogP contribution is -2.27. The lowest BCUT2D eigenvalue weighted by atomic mass is 9.95. The highest BCUT2D eigenvalue weighted by atomic mass is 16.5. The van der Waals surface area contributed by atoms with Crippen molar-refractivity contribution in [3.05, 3.63) is 11.4 Å². The Morgan fingerprint density at radius 1 is 1.29 bits per heavy atom. The zero-order chi connectivity index (χ0) is 15.6. The molecule has 0 spiro atoms. The van der Waals surface area contributed by atoms with Crippen molar-refractivity contribution >= 4 is 5.82 Å². The van der Waals surface area contributed by atoms with Crippen LogP contribution in [0.2, 0.25) is 0 Å². The first kappa shape index (κ1) is 16.0. The lowest BCUT2D eigenvalue weighted by Gasteiger charge is -2.21. The van der Waals surface area contributed by atoms with Gasteiger partial charge in [-0.3, -0.25) is 0 Å². The minimum Gasteiger partial charge on any atom is -0.476 e. The van der Waals surface area contributed by atoms with Crippen molar-refractivity contribution in [3.63, 3.8) is 0 Å². The highest BCUT2D eigenvalue weighted by Gasteiger charge is 2.26. The van der Waals surface area contributed by atoms with Crippen LogP contribution in [0.5, 0.6) is 5.88 Å². The summed E-state index contributed by atoms with van der Waals surface area (Å²) < 4.78 is 5.93. The van der Waals surface area contributed by atoms with E-state index in [1.54, 1.807) is 0 Å². The van der Waals surface area contributed by atoms with Crippen molar-refractivity contribution in [1.29, 1.82) is 0 Å². The first-order valence-corrected chi connectivity index (χ1v) is 7.73. The third-order valence-corrected chi connectivity index (χ3v) is 3.86. The highest BCUT2D eigenvalue weighted by Crippen LogP contribution is 2.28. The van der Waals surface area contributed by atoms with Gasteiger partial charge in [-0.05, 0) is 26.8 Å². The number of likely N-dealkylation sites (N-methyl/N-ethyl adjacent to an activating group) is 1. The summed E-state index contributed by atoms with van der Waals surface area (Å²) in [5, 5.41) is 3.13. The van der Waals surface area contributed by atoms with Crippen LogP contribution in [0.15, 0.2) is 0 Å². The Morgan fingerprint density at radius 2 is 1.95 bits per heavy atom. The summed E-state index contributed by atoms with van der Waals surface area (Å²) in [4.78, 5) is 11.6. The van der Waals surface area contributed by atoms with Crippen molar-refractivity contribution in [2.75, 3.05) is 32.6 Å². The maximum Gasteiger partial charge on any atom is 0.221 e. The second-order valence-corrected chi connectivity index (χ2v) is 6.89. The summed E-state index contributed by atoms with van der Waals surface area (Å²) in [6.45, 7) is 9.94. The molecule has 1 aromatic rings. The number of anilines is 1. The van der Waals surface area contributed by atoms with Crippen molar-refractivity contribution in [2.45, 2.75) is 52.0 Å². The van der Waals surface area contributed by atoms with E-state index < -0.39 is 0 Å². The molecule has 118 valence electrons. The van der Waals surface area contributed by atoms with Gasteiger partial charge in [0, 0.05) is 25.0 Å². The van der Waals surface area contributed by atoms with Gasteiger partial charge in [-0.25, -0.2) is 4.98 Å². The molecule has 21 heavy (non-hydrogen) atoms. The van der Waals surface area contributed by atoms with Crippen LogP contribution >= 0.6 is 0 Å². The van der Waals surface area contributed by atoms with Gasteiger partial charge in [0.15, 0.2) is 0 Å². The molecule has 1 aliphatic rings. The first-order valence-electron chi connectivity index (χ1n) is 7.73. The molecule has 0 aliphatic heterocycles. The SMILES string of the molecule is CNc1nc(C(C)(C)C)nc(OCCN(C)C2CC2)c1C. The van der Waals surface area contributed by atoms with Crippen LogP contribution in [0.1, 0.15) is 45.0 Å². The molecule has 5 heteroatoms. The number of aromatic nitrogens is 2. The Balaban J connectivity index is 2.09. The number of nitrogens with one attached hydrogen (secondary N) is 1. The summed E-state index contributed by atoms with van der Waals surface area (Å²) in [7, 11) is 4.04.